The zero-order valence-electron chi connectivity index (χ0n) is 12.6. The minimum Gasteiger partial charge on any atom is -0.466 e. The van der Waals surface area contributed by atoms with Gasteiger partial charge in [0.25, 0.3) is 0 Å². The predicted octanol–water partition coefficient (Wildman–Crippen LogP) is 2.65. The van der Waals surface area contributed by atoms with Crippen molar-refractivity contribution in [2.45, 2.75) is 26.7 Å². The Kier molecular flexibility index (Phi) is 3.82. The van der Waals surface area contributed by atoms with Gasteiger partial charge in [-0.1, -0.05) is 6.07 Å². The van der Waals surface area contributed by atoms with Crippen LogP contribution < -0.4 is 4.90 Å². The second-order valence-electron chi connectivity index (χ2n) is 5.62. The summed E-state index contributed by atoms with van der Waals surface area (Å²) in [5.41, 5.74) is 3.22. The number of carbonyl (C=O) groups is 1. The van der Waals surface area contributed by atoms with Crippen molar-refractivity contribution in [1.29, 1.82) is 0 Å². The summed E-state index contributed by atoms with van der Waals surface area (Å²) in [6.07, 6.45) is 1.88. The second-order valence-corrected chi connectivity index (χ2v) is 5.62. The number of piperidine rings is 1. The van der Waals surface area contributed by atoms with Gasteiger partial charge in [0.1, 0.15) is 0 Å². The number of carbonyl (C=O) groups excluding carboxylic acids is 1. The molecule has 1 aliphatic rings. The van der Waals surface area contributed by atoms with Gasteiger partial charge in [-0.3, -0.25) is 4.79 Å². The summed E-state index contributed by atoms with van der Waals surface area (Å²) in [7, 11) is 0. The molecule has 0 bridgehead atoms. The minimum absolute atomic E-state index is 0.0475. The average molecular weight is 287 g/mol. The molecule has 5 heteroatoms. The average Bonchev–Trinajstić information content (AvgIpc) is 2.90. The molecule has 1 aromatic heterocycles. The van der Waals surface area contributed by atoms with E-state index in [1.807, 2.05) is 13.0 Å². The van der Waals surface area contributed by atoms with Crippen LogP contribution in [0.5, 0.6) is 0 Å². The number of ether oxygens (including phenoxy) is 1. The maximum Gasteiger partial charge on any atom is 0.310 e. The molecule has 1 N–H and O–H groups in total. The van der Waals surface area contributed by atoms with Crippen LogP contribution in [0, 0.1) is 12.8 Å². The van der Waals surface area contributed by atoms with E-state index in [2.05, 4.69) is 33.9 Å². The molecule has 1 unspecified atom stereocenters. The van der Waals surface area contributed by atoms with Crippen molar-refractivity contribution in [3.8, 4) is 0 Å². The molecule has 0 spiro atoms. The number of hydrogen-bond donors (Lipinski definition) is 1. The molecular weight excluding hydrogens is 266 g/mol. The van der Waals surface area contributed by atoms with Crippen molar-refractivity contribution in [2.75, 3.05) is 24.6 Å². The first-order valence-electron chi connectivity index (χ1n) is 7.55. The Morgan fingerprint density at radius 2 is 2.38 bits per heavy atom. The lowest BCUT2D eigenvalue weighted by atomic mass is 9.98. The number of fused-ring (bicyclic) bond motifs is 1. The van der Waals surface area contributed by atoms with Crippen molar-refractivity contribution < 1.29 is 9.53 Å². The fourth-order valence-corrected chi connectivity index (χ4v) is 2.88. The Morgan fingerprint density at radius 3 is 3.19 bits per heavy atom. The van der Waals surface area contributed by atoms with Gasteiger partial charge in [0.15, 0.2) is 0 Å². The summed E-state index contributed by atoms with van der Waals surface area (Å²) in [6, 6.07) is 6.18. The molecular formula is C16H21N3O2. The highest BCUT2D eigenvalue weighted by Crippen LogP contribution is 2.24. The van der Waals surface area contributed by atoms with Crippen molar-refractivity contribution in [3.05, 3.63) is 23.8 Å². The van der Waals surface area contributed by atoms with Crippen LogP contribution >= 0.6 is 0 Å². The molecule has 2 heterocycles. The number of nitrogens with one attached hydrogen (secondary N) is 1. The number of aromatic amines is 1. The van der Waals surface area contributed by atoms with Gasteiger partial charge in [0.05, 0.1) is 23.6 Å². The van der Waals surface area contributed by atoms with Crippen molar-refractivity contribution in [1.82, 2.24) is 9.97 Å². The summed E-state index contributed by atoms with van der Waals surface area (Å²) in [6.45, 7) is 5.96. The lowest BCUT2D eigenvalue weighted by Gasteiger charge is -2.31. The number of anilines is 1. The van der Waals surface area contributed by atoms with Gasteiger partial charge >= 0.3 is 5.97 Å². The van der Waals surface area contributed by atoms with E-state index in [-0.39, 0.29) is 11.9 Å². The van der Waals surface area contributed by atoms with Gasteiger partial charge in [-0.2, -0.15) is 0 Å². The molecule has 21 heavy (non-hydrogen) atoms. The van der Waals surface area contributed by atoms with Gasteiger partial charge in [0, 0.05) is 13.1 Å². The van der Waals surface area contributed by atoms with Crippen LogP contribution in [-0.4, -0.2) is 35.6 Å². The summed E-state index contributed by atoms with van der Waals surface area (Å²) in [4.78, 5) is 22.1. The molecule has 0 amide bonds. The zero-order chi connectivity index (χ0) is 14.8. The van der Waals surface area contributed by atoms with E-state index in [0.717, 1.165) is 36.4 Å². The Labute approximate surface area is 124 Å². The molecule has 1 aliphatic heterocycles. The van der Waals surface area contributed by atoms with Gasteiger partial charge in [0.2, 0.25) is 5.95 Å². The third-order valence-electron chi connectivity index (χ3n) is 3.97. The fraction of sp³-hybridized carbons (Fsp3) is 0.500. The summed E-state index contributed by atoms with van der Waals surface area (Å²) >= 11 is 0. The highest BCUT2D eigenvalue weighted by molar-refractivity contribution is 5.79. The standard InChI is InChI=1S/C16H21N3O2/c1-3-21-15(20)12-5-4-8-19(10-12)16-17-13-7-6-11(2)9-14(13)18-16/h6-7,9,12H,3-5,8,10H2,1-2H3,(H,17,18). The Balaban J connectivity index is 1.79. The monoisotopic (exact) mass is 287 g/mol. The van der Waals surface area contributed by atoms with Crippen LogP contribution in [0.3, 0.4) is 0 Å². The largest absolute Gasteiger partial charge is 0.466 e. The maximum absolute atomic E-state index is 11.9. The first kappa shape index (κ1) is 13.9. The topological polar surface area (TPSA) is 58.2 Å². The second kappa shape index (κ2) is 5.76. The van der Waals surface area contributed by atoms with E-state index in [0.29, 0.717) is 13.2 Å². The number of benzene rings is 1. The zero-order valence-corrected chi connectivity index (χ0v) is 12.6. The number of nitrogens with zero attached hydrogens (tertiary/aromatic N) is 2. The van der Waals surface area contributed by atoms with Crippen molar-refractivity contribution >= 4 is 23.0 Å². The number of H-pyrrole nitrogens is 1. The molecule has 0 radical (unpaired) electrons. The highest BCUT2D eigenvalue weighted by Gasteiger charge is 2.28. The van der Waals surface area contributed by atoms with Gasteiger partial charge in [-0.25, -0.2) is 4.98 Å². The maximum atomic E-state index is 11.9. The molecule has 1 atom stereocenters. The third kappa shape index (κ3) is 2.86. The van der Waals surface area contributed by atoms with E-state index in [9.17, 15) is 4.79 Å². The molecule has 1 fully saturated rings. The Morgan fingerprint density at radius 1 is 1.52 bits per heavy atom. The van der Waals surface area contributed by atoms with Crippen LogP contribution in [0.1, 0.15) is 25.3 Å². The summed E-state index contributed by atoms with van der Waals surface area (Å²) in [5, 5.41) is 0. The highest BCUT2D eigenvalue weighted by atomic mass is 16.5. The predicted molar refractivity (Wildman–Crippen MR) is 82.4 cm³/mol. The Hall–Kier alpha value is -2.04. The van der Waals surface area contributed by atoms with Gasteiger partial charge in [-0.15, -0.1) is 0 Å². The quantitative estimate of drug-likeness (QED) is 0.882. The van der Waals surface area contributed by atoms with Crippen LogP contribution in [0.4, 0.5) is 5.95 Å². The van der Waals surface area contributed by atoms with Crippen LogP contribution in [0.25, 0.3) is 11.0 Å². The van der Waals surface area contributed by atoms with E-state index in [1.54, 1.807) is 0 Å². The lowest BCUT2D eigenvalue weighted by molar-refractivity contribution is -0.148. The van der Waals surface area contributed by atoms with Gasteiger partial charge in [-0.05, 0) is 44.4 Å². The minimum atomic E-state index is -0.0887. The first-order valence-corrected chi connectivity index (χ1v) is 7.55. The summed E-state index contributed by atoms with van der Waals surface area (Å²) in [5.74, 6) is 0.715. The van der Waals surface area contributed by atoms with Crippen LogP contribution in [-0.2, 0) is 9.53 Å². The van der Waals surface area contributed by atoms with Gasteiger partial charge < -0.3 is 14.6 Å². The molecule has 2 aromatic rings. The van der Waals surface area contributed by atoms with E-state index < -0.39 is 0 Å². The third-order valence-corrected chi connectivity index (χ3v) is 3.97. The molecule has 0 saturated carbocycles. The lowest BCUT2D eigenvalue weighted by Crippen LogP contribution is -2.40. The fourth-order valence-electron chi connectivity index (χ4n) is 2.88. The van der Waals surface area contributed by atoms with E-state index in [1.165, 1.54) is 5.56 Å². The molecule has 1 aromatic carbocycles. The molecule has 5 nitrogen and oxygen atoms in total. The number of esters is 1. The normalized spacial score (nSPS) is 19.0. The van der Waals surface area contributed by atoms with Crippen LogP contribution in [0.2, 0.25) is 0 Å². The molecule has 112 valence electrons. The van der Waals surface area contributed by atoms with Crippen molar-refractivity contribution in [2.24, 2.45) is 5.92 Å². The first-order chi connectivity index (χ1) is 10.2. The van der Waals surface area contributed by atoms with Crippen molar-refractivity contribution in [3.63, 3.8) is 0 Å². The molecule has 3 rings (SSSR count). The van der Waals surface area contributed by atoms with E-state index >= 15 is 0 Å². The number of aromatic nitrogens is 2. The SMILES string of the molecule is CCOC(=O)C1CCCN(c2nc3ccc(C)cc3[nH]2)C1. The number of hydrogen-bond acceptors (Lipinski definition) is 4. The summed E-state index contributed by atoms with van der Waals surface area (Å²) < 4.78 is 5.14. The Bertz CT molecular complexity index is 650. The molecule has 1 saturated heterocycles. The number of rotatable bonds is 3. The molecule has 0 aliphatic carbocycles. The smallest absolute Gasteiger partial charge is 0.310 e. The number of aryl methyl sites for hydroxylation is 1. The number of imidazole rings is 1. The van der Waals surface area contributed by atoms with E-state index in [4.69, 9.17) is 4.74 Å². The van der Waals surface area contributed by atoms with Crippen LogP contribution in [0.15, 0.2) is 18.2 Å².